The van der Waals surface area contributed by atoms with Crippen molar-refractivity contribution >= 4 is 5.69 Å². The molecule has 0 aliphatic carbocycles. The van der Waals surface area contributed by atoms with Gasteiger partial charge in [0.05, 0.1) is 5.69 Å². The fraction of sp³-hybridized carbons (Fsp3) is 0.300. The lowest BCUT2D eigenvalue weighted by Crippen LogP contribution is -1.94. The maximum absolute atomic E-state index is 5.78. The molecule has 0 amide bonds. The van der Waals surface area contributed by atoms with Crippen LogP contribution in [0.3, 0.4) is 0 Å². The van der Waals surface area contributed by atoms with E-state index in [4.69, 9.17) is 5.73 Å². The van der Waals surface area contributed by atoms with Crippen LogP contribution >= 0.6 is 0 Å². The Labute approximate surface area is 87.8 Å². The number of nitrogens with zero attached hydrogens (tertiary/aromatic N) is 3. The molecule has 0 spiro atoms. The number of rotatable bonds is 3. The molecule has 78 valence electrons. The summed E-state index contributed by atoms with van der Waals surface area (Å²) in [6.07, 6.45) is 3.60. The second-order valence-corrected chi connectivity index (χ2v) is 3.30. The number of hydrogen-bond acceptors (Lipinski definition) is 4. The van der Waals surface area contributed by atoms with Gasteiger partial charge in [-0.1, -0.05) is 6.92 Å². The molecule has 0 saturated heterocycles. The van der Waals surface area contributed by atoms with Gasteiger partial charge in [-0.2, -0.15) is 5.10 Å². The normalized spacial score (nSPS) is 10.5. The Morgan fingerprint density at radius 1 is 1.47 bits per heavy atom. The summed E-state index contributed by atoms with van der Waals surface area (Å²) < 4.78 is 0. The number of nitrogens with two attached hydrogens (primary N) is 1. The van der Waals surface area contributed by atoms with Crippen molar-refractivity contribution in [2.45, 2.75) is 19.8 Å². The van der Waals surface area contributed by atoms with E-state index in [0.29, 0.717) is 17.2 Å². The van der Waals surface area contributed by atoms with Crippen LogP contribution in [0.4, 0.5) is 5.69 Å². The van der Waals surface area contributed by atoms with E-state index in [1.54, 1.807) is 18.3 Å². The van der Waals surface area contributed by atoms with Crippen LogP contribution in [0.2, 0.25) is 0 Å². The third-order valence-corrected chi connectivity index (χ3v) is 2.07. The van der Waals surface area contributed by atoms with Gasteiger partial charge < -0.3 is 5.73 Å². The first kappa shape index (κ1) is 9.64. The number of anilines is 1. The van der Waals surface area contributed by atoms with Gasteiger partial charge in [-0.25, -0.2) is 4.98 Å². The van der Waals surface area contributed by atoms with Gasteiger partial charge in [-0.3, -0.25) is 10.1 Å². The number of aromatic nitrogens is 4. The molecule has 0 radical (unpaired) electrons. The molecule has 2 aromatic heterocycles. The van der Waals surface area contributed by atoms with Gasteiger partial charge in [0.15, 0.2) is 0 Å². The highest BCUT2D eigenvalue weighted by molar-refractivity contribution is 5.66. The van der Waals surface area contributed by atoms with Gasteiger partial charge in [0, 0.05) is 12.6 Å². The average Bonchev–Trinajstić information content (AvgIpc) is 2.68. The molecule has 2 aromatic rings. The zero-order valence-electron chi connectivity index (χ0n) is 8.57. The molecule has 15 heavy (non-hydrogen) atoms. The van der Waals surface area contributed by atoms with Crippen molar-refractivity contribution in [3.8, 4) is 11.5 Å². The molecule has 2 heterocycles. The van der Waals surface area contributed by atoms with Crippen LogP contribution in [0.1, 0.15) is 19.2 Å². The van der Waals surface area contributed by atoms with E-state index in [-0.39, 0.29) is 0 Å². The molecule has 5 nitrogen and oxygen atoms in total. The van der Waals surface area contributed by atoms with Crippen molar-refractivity contribution < 1.29 is 0 Å². The van der Waals surface area contributed by atoms with E-state index < -0.39 is 0 Å². The third-order valence-electron chi connectivity index (χ3n) is 2.07. The monoisotopic (exact) mass is 203 g/mol. The Hall–Kier alpha value is -1.91. The van der Waals surface area contributed by atoms with Crippen LogP contribution in [0.25, 0.3) is 11.5 Å². The second-order valence-electron chi connectivity index (χ2n) is 3.30. The largest absolute Gasteiger partial charge is 0.397 e. The number of pyridine rings is 1. The first-order valence-corrected chi connectivity index (χ1v) is 4.93. The highest BCUT2D eigenvalue weighted by Crippen LogP contribution is 2.18. The van der Waals surface area contributed by atoms with Gasteiger partial charge in [0.25, 0.3) is 0 Å². The fourth-order valence-electron chi connectivity index (χ4n) is 1.35. The number of aromatic amines is 1. The summed E-state index contributed by atoms with van der Waals surface area (Å²) in [4.78, 5) is 8.47. The number of nitrogens with one attached hydrogen (secondary N) is 1. The van der Waals surface area contributed by atoms with Crippen LogP contribution in [-0.4, -0.2) is 20.2 Å². The van der Waals surface area contributed by atoms with Crippen LogP contribution in [0.5, 0.6) is 0 Å². The second kappa shape index (κ2) is 4.08. The summed E-state index contributed by atoms with van der Waals surface area (Å²) in [5.74, 6) is 1.44. The van der Waals surface area contributed by atoms with Gasteiger partial charge in [-0.05, 0) is 18.6 Å². The minimum absolute atomic E-state index is 0.566. The highest BCUT2D eigenvalue weighted by atomic mass is 15.2. The van der Waals surface area contributed by atoms with E-state index in [2.05, 4.69) is 27.1 Å². The standard InChI is InChI=1S/C10H13N5/c1-2-4-8-13-10(15-14-8)9-7(11)5-3-6-12-9/h3,5-6H,2,4,11H2,1H3,(H,13,14,15). The molecule has 0 aliphatic heterocycles. The lowest BCUT2D eigenvalue weighted by Gasteiger charge is -1.97. The van der Waals surface area contributed by atoms with E-state index >= 15 is 0 Å². The topological polar surface area (TPSA) is 80.5 Å². The van der Waals surface area contributed by atoms with E-state index in [0.717, 1.165) is 18.7 Å². The maximum atomic E-state index is 5.78. The highest BCUT2D eigenvalue weighted by Gasteiger charge is 2.09. The average molecular weight is 203 g/mol. The third kappa shape index (κ3) is 1.96. The fourth-order valence-corrected chi connectivity index (χ4v) is 1.35. The summed E-state index contributed by atoms with van der Waals surface area (Å²) in [6.45, 7) is 2.09. The van der Waals surface area contributed by atoms with E-state index in [9.17, 15) is 0 Å². The SMILES string of the molecule is CCCc1nc(-c2ncccc2N)n[nH]1. The van der Waals surface area contributed by atoms with E-state index in [1.807, 2.05) is 0 Å². The van der Waals surface area contributed by atoms with Crippen molar-refractivity contribution in [2.75, 3.05) is 5.73 Å². The van der Waals surface area contributed by atoms with Gasteiger partial charge in [-0.15, -0.1) is 0 Å². The van der Waals surface area contributed by atoms with Crippen LogP contribution in [0.15, 0.2) is 18.3 Å². The first-order chi connectivity index (χ1) is 7.31. The van der Waals surface area contributed by atoms with Gasteiger partial charge >= 0.3 is 0 Å². The minimum atomic E-state index is 0.566. The van der Waals surface area contributed by atoms with Crippen molar-refractivity contribution in [1.29, 1.82) is 0 Å². The molecule has 0 atom stereocenters. The van der Waals surface area contributed by atoms with Crippen molar-refractivity contribution in [1.82, 2.24) is 20.2 Å². The minimum Gasteiger partial charge on any atom is -0.397 e. The van der Waals surface area contributed by atoms with Crippen LogP contribution in [0, 0.1) is 0 Å². The van der Waals surface area contributed by atoms with Crippen molar-refractivity contribution in [3.63, 3.8) is 0 Å². The Balaban J connectivity index is 2.33. The zero-order chi connectivity index (χ0) is 10.7. The predicted octanol–water partition coefficient (Wildman–Crippen LogP) is 1.40. The summed E-state index contributed by atoms with van der Waals surface area (Å²) in [5, 5.41) is 6.96. The molecule has 3 N–H and O–H groups in total. The lowest BCUT2D eigenvalue weighted by molar-refractivity contribution is 0.841. The summed E-state index contributed by atoms with van der Waals surface area (Å²) in [6, 6.07) is 3.58. The Bertz CT molecular complexity index is 449. The molecule has 0 fully saturated rings. The molecular formula is C10H13N5. The number of hydrogen-bond donors (Lipinski definition) is 2. The quantitative estimate of drug-likeness (QED) is 0.790. The Kier molecular flexibility index (Phi) is 2.62. The zero-order valence-corrected chi connectivity index (χ0v) is 8.57. The number of nitrogen functional groups attached to an aromatic ring is 1. The Morgan fingerprint density at radius 3 is 3.07 bits per heavy atom. The van der Waals surface area contributed by atoms with Crippen molar-refractivity contribution in [2.24, 2.45) is 0 Å². The smallest absolute Gasteiger partial charge is 0.201 e. The number of H-pyrrole nitrogens is 1. The number of aryl methyl sites for hydroxylation is 1. The van der Waals surface area contributed by atoms with Crippen LogP contribution in [-0.2, 0) is 6.42 Å². The van der Waals surface area contributed by atoms with Crippen molar-refractivity contribution in [3.05, 3.63) is 24.2 Å². The maximum Gasteiger partial charge on any atom is 0.201 e. The first-order valence-electron chi connectivity index (χ1n) is 4.93. The predicted molar refractivity (Wildman–Crippen MR) is 58.0 cm³/mol. The molecule has 5 heteroatoms. The summed E-state index contributed by atoms with van der Waals surface area (Å²) in [7, 11) is 0. The molecule has 2 rings (SSSR count). The Morgan fingerprint density at radius 2 is 2.33 bits per heavy atom. The molecule has 0 bridgehead atoms. The van der Waals surface area contributed by atoms with Gasteiger partial charge in [0.1, 0.15) is 11.5 Å². The molecular weight excluding hydrogens is 190 g/mol. The molecule has 0 aliphatic rings. The summed E-state index contributed by atoms with van der Waals surface area (Å²) >= 11 is 0. The van der Waals surface area contributed by atoms with E-state index in [1.165, 1.54) is 0 Å². The molecule has 0 unspecified atom stereocenters. The summed E-state index contributed by atoms with van der Waals surface area (Å²) in [5.41, 5.74) is 7.01. The molecule has 0 aromatic carbocycles. The lowest BCUT2D eigenvalue weighted by atomic mass is 10.3. The van der Waals surface area contributed by atoms with Crippen LogP contribution < -0.4 is 5.73 Å². The van der Waals surface area contributed by atoms with Gasteiger partial charge in [0.2, 0.25) is 5.82 Å². The molecule has 0 saturated carbocycles.